The molecule has 0 amide bonds. The van der Waals surface area contributed by atoms with Gasteiger partial charge in [-0.25, -0.2) is 5.53 Å². The van der Waals surface area contributed by atoms with Crippen molar-refractivity contribution in [2.45, 2.75) is 77.6 Å². The number of nitrogens with zero attached hydrogens (tertiary/aromatic N) is 1. The van der Waals surface area contributed by atoms with Gasteiger partial charge >= 0.3 is 5.97 Å². The summed E-state index contributed by atoms with van der Waals surface area (Å²) in [5, 5.41) is 3.31. The van der Waals surface area contributed by atoms with Crippen LogP contribution in [-0.2, 0) is 4.79 Å². The van der Waals surface area contributed by atoms with E-state index in [9.17, 15) is 4.79 Å². The normalized spacial score (nSPS) is 10.5. The van der Waals surface area contributed by atoms with E-state index in [1.165, 1.54) is 51.4 Å². The fourth-order valence-electron chi connectivity index (χ4n) is 2.53. The molecule has 0 atom stereocenters. The van der Waals surface area contributed by atoms with Crippen molar-refractivity contribution in [1.82, 2.24) is 0 Å². The number of nitrogens with one attached hydrogen (secondary N) is 1. The molecule has 0 saturated heterocycles. The van der Waals surface area contributed by atoms with Crippen molar-refractivity contribution in [2.75, 3.05) is 0 Å². The summed E-state index contributed by atoms with van der Waals surface area (Å²) in [6, 6.07) is 6.67. The van der Waals surface area contributed by atoms with Crippen LogP contribution in [0.3, 0.4) is 0 Å². The van der Waals surface area contributed by atoms with E-state index >= 15 is 0 Å². The third-order valence-electron chi connectivity index (χ3n) is 3.93. The van der Waals surface area contributed by atoms with Crippen LogP contribution in [-0.4, -0.2) is 5.97 Å². The Balaban J connectivity index is 1.98. The second-order valence-corrected chi connectivity index (χ2v) is 6.01. The molecule has 0 aliphatic carbocycles. The molecule has 1 aromatic carbocycles. The monoisotopic (exact) mass is 318 g/mol. The molecule has 23 heavy (non-hydrogen) atoms. The second-order valence-electron chi connectivity index (χ2n) is 6.01. The van der Waals surface area contributed by atoms with Crippen LogP contribution in [0, 0.1) is 5.53 Å². The van der Waals surface area contributed by atoms with Gasteiger partial charge in [-0.2, -0.15) is 5.11 Å². The van der Waals surface area contributed by atoms with Crippen molar-refractivity contribution < 1.29 is 9.53 Å². The van der Waals surface area contributed by atoms with Crippen LogP contribution in [0.15, 0.2) is 29.4 Å². The molecular weight excluding hydrogens is 288 g/mol. The van der Waals surface area contributed by atoms with E-state index in [2.05, 4.69) is 12.0 Å². The summed E-state index contributed by atoms with van der Waals surface area (Å²) in [6.07, 6.45) is 13.0. The van der Waals surface area contributed by atoms with Crippen LogP contribution in [0.1, 0.15) is 77.6 Å². The number of unbranched alkanes of at least 4 members (excludes halogenated alkanes) is 9. The highest BCUT2D eigenvalue weighted by atomic mass is 16.5. The predicted molar refractivity (Wildman–Crippen MR) is 93.3 cm³/mol. The number of benzene rings is 1. The van der Waals surface area contributed by atoms with Gasteiger partial charge < -0.3 is 4.74 Å². The highest BCUT2D eigenvalue weighted by Crippen LogP contribution is 2.18. The van der Waals surface area contributed by atoms with Gasteiger partial charge in [0, 0.05) is 6.42 Å². The minimum atomic E-state index is -0.180. The molecule has 4 heteroatoms. The summed E-state index contributed by atoms with van der Waals surface area (Å²) in [6.45, 7) is 2.24. The molecule has 1 N–H and O–H groups in total. The summed E-state index contributed by atoms with van der Waals surface area (Å²) in [7, 11) is 0. The molecule has 0 saturated carbocycles. The van der Waals surface area contributed by atoms with Crippen LogP contribution in [0.4, 0.5) is 5.69 Å². The number of rotatable bonds is 13. The first-order chi connectivity index (χ1) is 11.3. The minimum absolute atomic E-state index is 0.180. The highest BCUT2D eigenvalue weighted by molar-refractivity contribution is 5.72. The molecule has 0 bridgehead atoms. The molecule has 4 nitrogen and oxygen atoms in total. The minimum Gasteiger partial charge on any atom is -0.427 e. The Kier molecular flexibility index (Phi) is 10.8. The maximum Gasteiger partial charge on any atom is 0.311 e. The van der Waals surface area contributed by atoms with Crippen LogP contribution in [0.25, 0.3) is 0 Å². The van der Waals surface area contributed by atoms with E-state index in [4.69, 9.17) is 10.3 Å². The maximum absolute atomic E-state index is 11.7. The summed E-state index contributed by atoms with van der Waals surface area (Å²) in [4.78, 5) is 11.7. The van der Waals surface area contributed by atoms with Crippen LogP contribution < -0.4 is 4.74 Å². The average molecular weight is 318 g/mol. The number of ether oxygens (including phenoxy) is 1. The molecule has 0 aliphatic heterocycles. The Morgan fingerprint density at radius 2 is 1.43 bits per heavy atom. The third-order valence-corrected chi connectivity index (χ3v) is 3.93. The van der Waals surface area contributed by atoms with Crippen molar-refractivity contribution in [1.29, 1.82) is 5.53 Å². The van der Waals surface area contributed by atoms with Crippen LogP contribution in [0.5, 0.6) is 5.75 Å². The zero-order valence-electron chi connectivity index (χ0n) is 14.4. The molecule has 128 valence electrons. The summed E-state index contributed by atoms with van der Waals surface area (Å²) >= 11 is 0. The lowest BCUT2D eigenvalue weighted by molar-refractivity contribution is -0.134. The lowest BCUT2D eigenvalue weighted by Gasteiger charge is -2.05. The molecule has 0 aromatic heterocycles. The van der Waals surface area contributed by atoms with E-state index in [1.807, 2.05) is 0 Å². The predicted octanol–water partition coefficient (Wildman–Crippen LogP) is 6.57. The van der Waals surface area contributed by atoms with Crippen LogP contribution >= 0.6 is 0 Å². The van der Waals surface area contributed by atoms with Crippen molar-refractivity contribution in [2.24, 2.45) is 5.11 Å². The summed E-state index contributed by atoms with van der Waals surface area (Å²) in [5.74, 6) is 0.342. The van der Waals surface area contributed by atoms with Gasteiger partial charge in [-0.3, -0.25) is 4.79 Å². The molecule has 0 spiro atoms. The third kappa shape index (κ3) is 9.82. The molecule has 0 radical (unpaired) electrons. The Morgan fingerprint density at radius 1 is 0.913 bits per heavy atom. The zero-order valence-corrected chi connectivity index (χ0v) is 14.4. The molecule has 0 unspecified atom stereocenters. The molecule has 0 heterocycles. The first-order valence-corrected chi connectivity index (χ1v) is 8.94. The number of esters is 1. The molecule has 1 aromatic rings. The van der Waals surface area contributed by atoms with Gasteiger partial charge in [0.25, 0.3) is 0 Å². The molecule has 1 rings (SSSR count). The first kappa shape index (κ1) is 19.3. The number of hydrogen-bond donors (Lipinski definition) is 1. The van der Waals surface area contributed by atoms with E-state index in [0.29, 0.717) is 17.9 Å². The Hall–Kier alpha value is -1.71. The molecule has 0 aliphatic rings. The highest BCUT2D eigenvalue weighted by Gasteiger charge is 2.04. The largest absolute Gasteiger partial charge is 0.427 e. The van der Waals surface area contributed by atoms with Crippen LogP contribution in [0.2, 0.25) is 0 Å². The Morgan fingerprint density at radius 3 is 1.96 bits per heavy atom. The second kappa shape index (κ2) is 12.8. The van der Waals surface area contributed by atoms with Gasteiger partial charge in [0.1, 0.15) is 5.75 Å². The summed E-state index contributed by atoms with van der Waals surface area (Å²) < 4.78 is 5.25. The van der Waals surface area contributed by atoms with Crippen molar-refractivity contribution in [3.8, 4) is 5.75 Å². The Bertz CT molecular complexity index is 443. The van der Waals surface area contributed by atoms with Gasteiger partial charge in [0.15, 0.2) is 0 Å². The fourth-order valence-corrected chi connectivity index (χ4v) is 2.53. The van der Waals surface area contributed by atoms with Gasteiger partial charge in [-0.1, -0.05) is 64.7 Å². The molecular formula is C19H30N2O2. The zero-order chi connectivity index (χ0) is 16.8. The number of hydrogen-bond acceptors (Lipinski definition) is 4. The molecule has 0 fully saturated rings. The van der Waals surface area contributed by atoms with E-state index in [-0.39, 0.29) is 5.97 Å². The van der Waals surface area contributed by atoms with Gasteiger partial charge in [-0.15, -0.1) is 0 Å². The van der Waals surface area contributed by atoms with Gasteiger partial charge in [0.2, 0.25) is 0 Å². The maximum atomic E-state index is 11.7. The standard InChI is InChI=1S/C19H30N2O2/c1-2-3-4-5-6-7-8-9-10-11-12-19(22)23-18-15-13-17(21-20)14-16-18/h13-16,20H,2-12H2,1H3. The lowest BCUT2D eigenvalue weighted by Crippen LogP contribution is -2.07. The topological polar surface area (TPSA) is 62.5 Å². The number of carbonyl (C=O) groups is 1. The van der Waals surface area contributed by atoms with E-state index in [0.717, 1.165) is 12.8 Å². The Labute approximate surface area is 140 Å². The van der Waals surface area contributed by atoms with Crippen molar-refractivity contribution in [3.05, 3.63) is 24.3 Å². The first-order valence-electron chi connectivity index (χ1n) is 8.94. The smallest absolute Gasteiger partial charge is 0.311 e. The van der Waals surface area contributed by atoms with Gasteiger partial charge in [-0.05, 0) is 30.7 Å². The SMILES string of the molecule is CCCCCCCCCCCCC(=O)Oc1ccc(N=N)cc1. The average Bonchev–Trinajstić information content (AvgIpc) is 2.57. The van der Waals surface area contributed by atoms with Crippen molar-refractivity contribution >= 4 is 11.7 Å². The quantitative estimate of drug-likeness (QED) is 0.193. The number of carbonyl (C=O) groups excluding carboxylic acids is 1. The summed E-state index contributed by atoms with van der Waals surface area (Å²) in [5.41, 5.74) is 7.43. The van der Waals surface area contributed by atoms with E-state index in [1.54, 1.807) is 24.3 Å². The lowest BCUT2D eigenvalue weighted by atomic mass is 10.1. The fraction of sp³-hybridized carbons (Fsp3) is 0.632. The van der Waals surface area contributed by atoms with E-state index < -0.39 is 0 Å². The van der Waals surface area contributed by atoms with Gasteiger partial charge in [0.05, 0.1) is 5.69 Å². The van der Waals surface area contributed by atoms with Crippen molar-refractivity contribution in [3.63, 3.8) is 0 Å².